The third-order valence-corrected chi connectivity index (χ3v) is 4.52. The highest BCUT2D eigenvalue weighted by Crippen LogP contribution is 2.27. The van der Waals surface area contributed by atoms with Gasteiger partial charge in [-0.2, -0.15) is 0 Å². The van der Waals surface area contributed by atoms with E-state index in [1.165, 1.54) is 31.2 Å². The van der Waals surface area contributed by atoms with Crippen molar-refractivity contribution in [1.29, 1.82) is 0 Å². The summed E-state index contributed by atoms with van der Waals surface area (Å²) in [6, 6.07) is 14.5. The summed E-state index contributed by atoms with van der Waals surface area (Å²) in [6.45, 7) is 3.67. The molecular weight excluding hydrogens is 377 g/mol. The Morgan fingerprint density at radius 2 is 1.66 bits per heavy atom. The molecule has 0 spiro atoms. The smallest absolute Gasteiger partial charge is 0.166 e. The maximum atomic E-state index is 14.3. The number of aliphatic hydroxyl groups is 1. The SMILES string of the molecule is CCOc1ccc(-c2ccc(/C=C/c3ccc(C(C)O)c(F)c3F)cc2)c(F)c1. The van der Waals surface area contributed by atoms with Gasteiger partial charge in [0.2, 0.25) is 0 Å². The van der Waals surface area contributed by atoms with Crippen LogP contribution in [0.3, 0.4) is 0 Å². The summed E-state index contributed by atoms with van der Waals surface area (Å²) in [5, 5.41) is 9.45. The zero-order valence-electron chi connectivity index (χ0n) is 16.1. The van der Waals surface area contributed by atoms with Gasteiger partial charge in [-0.05, 0) is 37.1 Å². The Morgan fingerprint density at radius 1 is 0.931 bits per heavy atom. The van der Waals surface area contributed by atoms with Crippen LogP contribution >= 0.6 is 0 Å². The fourth-order valence-electron chi connectivity index (χ4n) is 2.98. The Morgan fingerprint density at radius 3 is 2.28 bits per heavy atom. The Hall–Kier alpha value is -3.05. The molecule has 5 heteroatoms. The second-order valence-electron chi connectivity index (χ2n) is 6.58. The van der Waals surface area contributed by atoms with E-state index in [4.69, 9.17) is 4.74 Å². The average Bonchev–Trinajstić information content (AvgIpc) is 2.70. The molecule has 2 nitrogen and oxygen atoms in total. The summed E-state index contributed by atoms with van der Waals surface area (Å²) in [5.74, 6) is -1.96. The van der Waals surface area contributed by atoms with Gasteiger partial charge in [0.1, 0.15) is 11.6 Å². The van der Waals surface area contributed by atoms with Gasteiger partial charge in [0, 0.05) is 22.8 Å². The topological polar surface area (TPSA) is 29.5 Å². The first kappa shape index (κ1) is 20.7. The van der Waals surface area contributed by atoms with E-state index in [-0.39, 0.29) is 16.9 Å². The molecule has 0 amide bonds. The molecule has 150 valence electrons. The molecule has 0 fully saturated rings. The van der Waals surface area contributed by atoms with Crippen molar-refractivity contribution in [3.05, 3.63) is 88.7 Å². The van der Waals surface area contributed by atoms with Crippen LogP contribution in [0.15, 0.2) is 54.6 Å². The monoisotopic (exact) mass is 398 g/mol. The van der Waals surface area contributed by atoms with Gasteiger partial charge in [0.05, 0.1) is 12.7 Å². The number of hydrogen-bond donors (Lipinski definition) is 1. The molecule has 0 aromatic heterocycles. The van der Waals surface area contributed by atoms with E-state index >= 15 is 0 Å². The van der Waals surface area contributed by atoms with Gasteiger partial charge >= 0.3 is 0 Å². The highest BCUT2D eigenvalue weighted by molar-refractivity contribution is 5.72. The van der Waals surface area contributed by atoms with Crippen molar-refractivity contribution in [3.63, 3.8) is 0 Å². The lowest BCUT2D eigenvalue weighted by molar-refractivity contribution is 0.192. The van der Waals surface area contributed by atoms with Crippen molar-refractivity contribution in [2.75, 3.05) is 6.61 Å². The van der Waals surface area contributed by atoms with Crippen molar-refractivity contribution in [3.8, 4) is 16.9 Å². The van der Waals surface area contributed by atoms with E-state index in [2.05, 4.69) is 0 Å². The van der Waals surface area contributed by atoms with Crippen molar-refractivity contribution in [1.82, 2.24) is 0 Å². The van der Waals surface area contributed by atoms with Crippen LogP contribution in [-0.2, 0) is 0 Å². The maximum Gasteiger partial charge on any atom is 0.166 e. The summed E-state index contributed by atoms with van der Waals surface area (Å²) in [6.07, 6.45) is 2.01. The van der Waals surface area contributed by atoms with E-state index < -0.39 is 17.7 Å². The third kappa shape index (κ3) is 4.69. The zero-order valence-corrected chi connectivity index (χ0v) is 16.1. The lowest BCUT2D eigenvalue weighted by Crippen LogP contribution is -2.00. The van der Waals surface area contributed by atoms with Crippen LogP contribution in [0.4, 0.5) is 13.2 Å². The standard InChI is InChI=1S/C24H21F3O2/c1-3-29-19-11-13-21(22(25)14-19)17-7-4-16(5-8-17)6-9-18-10-12-20(15(2)28)24(27)23(18)26/h4-15,28H,3H2,1-2H3/b9-6+. The predicted octanol–water partition coefficient (Wildman–Crippen LogP) is 6.39. The van der Waals surface area contributed by atoms with E-state index in [9.17, 15) is 18.3 Å². The second-order valence-corrected chi connectivity index (χ2v) is 6.58. The summed E-state index contributed by atoms with van der Waals surface area (Å²) in [7, 11) is 0. The van der Waals surface area contributed by atoms with Gasteiger partial charge < -0.3 is 9.84 Å². The molecule has 0 aliphatic heterocycles. The number of halogens is 3. The molecule has 3 rings (SSSR count). The molecule has 0 aliphatic carbocycles. The van der Waals surface area contributed by atoms with Crippen molar-refractivity contribution in [2.45, 2.75) is 20.0 Å². The first-order chi connectivity index (χ1) is 13.9. The van der Waals surface area contributed by atoms with E-state index in [1.54, 1.807) is 42.5 Å². The average molecular weight is 398 g/mol. The molecule has 1 atom stereocenters. The number of benzene rings is 3. The van der Waals surface area contributed by atoms with Crippen LogP contribution in [0.2, 0.25) is 0 Å². The molecule has 3 aromatic rings. The second kappa shape index (κ2) is 8.97. The molecule has 0 saturated carbocycles. The molecule has 3 aromatic carbocycles. The van der Waals surface area contributed by atoms with Crippen LogP contribution in [0.1, 0.15) is 36.6 Å². The largest absolute Gasteiger partial charge is 0.494 e. The van der Waals surface area contributed by atoms with Gasteiger partial charge in [-0.15, -0.1) is 0 Å². The number of rotatable bonds is 6. The maximum absolute atomic E-state index is 14.3. The molecule has 1 unspecified atom stereocenters. The molecule has 1 N–H and O–H groups in total. The Kier molecular flexibility index (Phi) is 6.39. The summed E-state index contributed by atoms with van der Waals surface area (Å²) in [4.78, 5) is 0. The van der Waals surface area contributed by atoms with E-state index in [1.807, 2.05) is 6.92 Å². The quantitative estimate of drug-likeness (QED) is 0.487. The van der Waals surface area contributed by atoms with Crippen molar-refractivity contribution >= 4 is 12.2 Å². The van der Waals surface area contributed by atoms with Crippen LogP contribution in [-0.4, -0.2) is 11.7 Å². The molecule has 0 heterocycles. The molecule has 0 bridgehead atoms. The molecule has 0 aliphatic rings. The molecule has 29 heavy (non-hydrogen) atoms. The van der Waals surface area contributed by atoms with Gasteiger partial charge in [-0.1, -0.05) is 48.6 Å². The third-order valence-electron chi connectivity index (χ3n) is 4.52. The summed E-state index contributed by atoms with van der Waals surface area (Å²) >= 11 is 0. The van der Waals surface area contributed by atoms with Gasteiger partial charge in [-0.3, -0.25) is 0 Å². The Bertz CT molecular complexity index is 1030. The van der Waals surface area contributed by atoms with E-state index in [0.717, 1.165) is 5.56 Å². The fraction of sp³-hybridized carbons (Fsp3) is 0.167. The number of aliphatic hydroxyl groups excluding tert-OH is 1. The van der Waals surface area contributed by atoms with Crippen LogP contribution in [0, 0.1) is 17.5 Å². The number of ether oxygens (including phenoxy) is 1. The number of hydrogen-bond acceptors (Lipinski definition) is 2. The van der Waals surface area contributed by atoms with Crippen molar-refractivity contribution in [2.24, 2.45) is 0 Å². The van der Waals surface area contributed by atoms with E-state index in [0.29, 0.717) is 23.5 Å². The highest BCUT2D eigenvalue weighted by Gasteiger charge is 2.15. The highest BCUT2D eigenvalue weighted by atomic mass is 19.2. The minimum absolute atomic E-state index is 0.0773. The van der Waals surface area contributed by atoms with Crippen LogP contribution in [0.25, 0.3) is 23.3 Å². The minimum Gasteiger partial charge on any atom is -0.494 e. The van der Waals surface area contributed by atoms with Gasteiger partial charge in [-0.25, -0.2) is 13.2 Å². The molecule has 0 radical (unpaired) electrons. The van der Waals surface area contributed by atoms with Gasteiger partial charge in [0.15, 0.2) is 11.6 Å². The van der Waals surface area contributed by atoms with Crippen molar-refractivity contribution < 1.29 is 23.0 Å². The Balaban J connectivity index is 1.80. The first-order valence-corrected chi connectivity index (χ1v) is 9.27. The molecule has 0 saturated heterocycles. The van der Waals surface area contributed by atoms with Crippen LogP contribution in [0.5, 0.6) is 5.75 Å². The zero-order chi connectivity index (χ0) is 21.0. The van der Waals surface area contributed by atoms with Crippen LogP contribution < -0.4 is 4.74 Å². The molecular formula is C24H21F3O2. The lowest BCUT2D eigenvalue weighted by Gasteiger charge is -2.08. The predicted molar refractivity (Wildman–Crippen MR) is 109 cm³/mol. The normalized spacial score (nSPS) is 12.3. The first-order valence-electron chi connectivity index (χ1n) is 9.27. The summed E-state index contributed by atoms with van der Waals surface area (Å²) < 4.78 is 47.7. The lowest BCUT2D eigenvalue weighted by atomic mass is 10.0. The summed E-state index contributed by atoms with van der Waals surface area (Å²) in [5.41, 5.74) is 1.89. The fourth-order valence-corrected chi connectivity index (χ4v) is 2.98. The van der Waals surface area contributed by atoms with Gasteiger partial charge in [0.25, 0.3) is 0 Å². The minimum atomic E-state index is -1.09. The Labute approximate surface area is 167 Å².